The average Bonchev–Trinajstić information content (AvgIpc) is 2.98. The van der Waals surface area contributed by atoms with E-state index in [9.17, 15) is 4.39 Å². The van der Waals surface area contributed by atoms with E-state index in [1.54, 1.807) is 30.3 Å². The monoisotopic (exact) mass is 410 g/mol. The molecular formula is C16H13Cl2FN6S. The van der Waals surface area contributed by atoms with E-state index in [-0.39, 0.29) is 11.8 Å². The number of nitrogens with two attached hydrogens (primary N) is 1. The van der Waals surface area contributed by atoms with Crippen molar-refractivity contribution in [2.24, 2.45) is 5.10 Å². The molecule has 26 heavy (non-hydrogen) atoms. The average molecular weight is 411 g/mol. The van der Waals surface area contributed by atoms with Gasteiger partial charge >= 0.3 is 0 Å². The van der Waals surface area contributed by atoms with Crippen molar-refractivity contribution in [3.05, 3.63) is 69.5 Å². The molecule has 0 fully saturated rings. The van der Waals surface area contributed by atoms with Crippen molar-refractivity contribution in [2.45, 2.75) is 10.9 Å². The van der Waals surface area contributed by atoms with Gasteiger partial charge < -0.3 is 5.84 Å². The minimum Gasteiger partial charge on any atom is -0.334 e. The third-order valence-corrected chi connectivity index (χ3v) is 5.14. The van der Waals surface area contributed by atoms with Crippen molar-refractivity contribution in [1.82, 2.24) is 14.9 Å². The molecule has 0 spiro atoms. The first kappa shape index (κ1) is 18.5. The van der Waals surface area contributed by atoms with Crippen molar-refractivity contribution >= 4 is 47.1 Å². The number of hydrazone groups is 1. The van der Waals surface area contributed by atoms with Crippen LogP contribution in [0.1, 0.15) is 11.1 Å². The molecule has 134 valence electrons. The molecular weight excluding hydrogens is 398 g/mol. The van der Waals surface area contributed by atoms with Crippen molar-refractivity contribution in [1.29, 1.82) is 0 Å². The fourth-order valence-electron chi connectivity index (χ4n) is 1.96. The summed E-state index contributed by atoms with van der Waals surface area (Å²) in [5.74, 6) is 6.52. The van der Waals surface area contributed by atoms with Gasteiger partial charge in [0, 0.05) is 11.3 Å². The molecule has 0 aliphatic carbocycles. The van der Waals surface area contributed by atoms with Crippen LogP contribution in [-0.2, 0) is 5.75 Å². The van der Waals surface area contributed by atoms with Crippen molar-refractivity contribution in [2.75, 3.05) is 11.3 Å². The number of anilines is 1. The fourth-order valence-corrected chi connectivity index (χ4v) is 3.13. The van der Waals surface area contributed by atoms with E-state index in [0.717, 1.165) is 5.56 Å². The largest absolute Gasteiger partial charge is 0.334 e. The van der Waals surface area contributed by atoms with Crippen LogP contribution in [0.2, 0.25) is 10.0 Å². The molecule has 0 unspecified atom stereocenters. The van der Waals surface area contributed by atoms with Crippen molar-refractivity contribution in [3.63, 3.8) is 0 Å². The predicted molar refractivity (Wildman–Crippen MR) is 104 cm³/mol. The molecule has 0 saturated carbocycles. The molecule has 0 atom stereocenters. The molecule has 0 aliphatic heterocycles. The fraction of sp³-hybridized carbons (Fsp3) is 0.0625. The topological polar surface area (TPSA) is 81.1 Å². The zero-order valence-corrected chi connectivity index (χ0v) is 15.6. The van der Waals surface area contributed by atoms with Crippen LogP contribution in [0.5, 0.6) is 0 Å². The van der Waals surface area contributed by atoms with E-state index in [2.05, 4.69) is 20.7 Å². The number of thioether (sulfide) groups is 1. The number of hydrogen-bond donors (Lipinski definition) is 2. The summed E-state index contributed by atoms with van der Waals surface area (Å²) in [5.41, 5.74) is 4.30. The normalized spacial score (nSPS) is 11.2. The quantitative estimate of drug-likeness (QED) is 0.275. The molecule has 0 saturated heterocycles. The Kier molecular flexibility index (Phi) is 5.97. The van der Waals surface area contributed by atoms with E-state index in [4.69, 9.17) is 29.0 Å². The Morgan fingerprint density at radius 1 is 1.19 bits per heavy atom. The molecule has 0 amide bonds. The number of halogens is 3. The Bertz CT molecular complexity index is 929. The summed E-state index contributed by atoms with van der Waals surface area (Å²) in [5, 5.41) is 13.3. The molecule has 3 aromatic rings. The van der Waals surface area contributed by atoms with Crippen LogP contribution in [0, 0.1) is 5.82 Å². The van der Waals surface area contributed by atoms with Crippen LogP contribution in [0.3, 0.4) is 0 Å². The number of benzene rings is 2. The maximum Gasteiger partial charge on any atom is 0.264 e. The molecule has 1 aromatic heterocycles. The predicted octanol–water partition coefficient (Wildman–Crippen LogP) is 4.18. The molecule has 10 heteroatoms. The maximum absolute atomic E-state index is 12.9. The minimum absolute atomic E-state index is 0.265. The van der Waals surface area contributed by atoms with Gasteiger partial charge in [-0.25, -0.2) is 14.5 Å². The van der Waals surface area contributed by atoms with Gasteiger partial charge in [0.2, 0.25) is 5.16 Å². The SMILES string of the molecule is Nn1c(N/N=C/c2cccc(Cl)c2Cl)nnc1SCc1ccc(F)cc1. The number of aromatic nitrogens is 3. The summed E-state index contributed by atoms with van der Waals surface area (Å²) < 4.78 is 14.2. The molecule has 0 radical (unpaired) electrons. The number of rotatable bonds is 6. The molecule has 2 aromatic carbocycles. The zero-order chi connectivity index (χ0) is 18.5. The van der Waals surface area contributed by atoms with Gasteiger partial charge in [-0.15, -0.1) is 10.2 Å². The summed E-state index contributed by atoms with van der Waals surface area (Å²) in [6.07, 6.45) is 1.51. The highest BCUT2D eigenvalue weighted by Crippen LogP contribution is 2.24. The standard InChI is InChI=1S/C16H13Cl2FN6S/c17-13-3-1-2-11(14(13)18)8-21-22-15-23-24-16(25(15)20)26-9-10-4-6-12(19)7-5-10/h1-8H,9,20H2,(H,22,23)/b21-8+. The van der Waals surface area contributed by atoms with Crippen LogP contribution in [0.25, 0.3) is 0 Å². The number of nitrogens with zero attached hydrogens (tertiary/aromatic N) is 4. The van der Waals surface area contributed by atoms with Gasteiger partial charge in [-0.05, 0) is 23.8 Å². The Hall–Kier alpha value is -2.29. The van der Waals surface area contributed by atoms with Crippen LogP contribution in [0.4, 0.5) is 10.3 Å². The minimum atomic E-state index is -0.273. The van der Waals surface area contributed by atoms with Crippen LogP contribution >= 0.6 is 35.0 Å². The molecule has 0 aliphatic rings. The van der Waals surface area contributed by atoms with Crippen LogP contribution in [-0.4, -0.2) is 21.1 Å². The van der Waals surface area contributed by atoms with Crippen LogP contribution in [0.15, 0.2) is 52.7 Å². The van der Waals surface area contributed by atoms with E-state index < -0.39 is 0 Å². The molecule has 3 N–H and O–H groups in total. The van der Waals surface area contributed by atoms with Gasteiger partial charge in [0.25, 0.3) is 5.95 Å². The second kappa shape index (κ2) is 8.39. The summed E-state index contributed by atoms with van der Waals surface area (Å²) in [6, 6.07) is 11.5. The molecule has 0 bridgehead atoms. The first-order chi connectivity index (χ1) is 12.5. The van der Waals surface area contributed by atoms with Gasteiger partial charge in [0.05, 0.1) is 16.3 Å². The molecule has 6 nitrogen and oxygen atoms in total. The maximum atomic E-state index is 12.9. The van der Waals surface area contributed by atoms with E-state index in [0.29, 0.717) is 26.5 Å². The number of hydrogen-bond acceptors (Lipinski definition) is 6. The highest BCUT2D eigenvalue weighted by Gasteiger charge is 2.10. The van der Waals surface area contributed by atoms with Gasteiger partial charge in [-0.1, -0.05) is 59.2 Å². The van der Waals surface area contributed by atoms with Gasteiger partial charge in [-0.2, -0.15) is 5.10 Å². The third-order valence-electron chi connectivity index (χ3n) is 3.30. The second-order valence-electron chi connectivity index (χ2n) is 5.10. The van der Waals surface area contributed by atoms with Gasteiger partial charge in [0.15, 0.2) is 0 Å². The van der Waals surface area contributed by atoms with E-state index in [1.165, 1.54) is 34.8 Å². The summed E-state index contributed by atoms with van der Waals surface area (Å²) in [6.45, 7) is 0. The Morgan fingerprint density at radius 2 is 1.96 bits per heavy atom. The zero-order valence-electron chi connectivity index (χ0n) is 13.2. The molecule has 1 heterocycles. The van der Waals surface area contributed by atoms with E-state index >= 15 is 0 Å². The summed E-state index contributed by atoms with van der Waals surface area (Å²) >= 11 is 13.4. The highest BCUT2D eigenvalue weighted by molar-refractivity contribution is 7.98. The first-order valence-corrected chi connectivity index (χ1v) is 9.09. The lowest BCUT2D eigenvalue weighted by Crippen LogP contribution is -2.13. The lowest BCUT2D eigenvalue weighted by atomic mass is 10.2. The second-order valence-corrected chi connectivity index (χ2v) is 6.83. The van der Waals surface area contributed by atoms with Gasteiger partial charge in [-0.3, -0.25) is 0 Å². The number of nitrogen functional groups attached to an aromatic ring is 1. The molecule has 3 rings (SSSR count). The lowest BCUT2D eigenvalue weighted by Gasteiger charge is -2.03. The first-order valence-electron chi connectivity index (χ1n) is 7.35. The van der Waals surface area contributed by atoms with Gasteiger partial charge in [0.1, 0.15) is 5.82 Å². The Labute approximate surface area is 163 Å². The third kappa shape index (κ3) is 4.46. The summed E-state index contributed by atoms with van der Waals surface area (Å²) in [7, 11) is 0. The van der Waals surface area contributed by atoms with Crippen molar-refractivity contribution in [3.8, 4) is 0 Å². The Balaban J connectivity index is 1.62. The lowest BCUT2D eigenvalue weighted by molar-refractivity contribution is 0.627. The highest BCUT2D eigenvalue weighted by atomic mass is 35.5. The number of nitrogens with one attached hydrogen (secondary N) is 1. The van der Waals surface area contributed by atoms with E-state index in [1.807, 2.05) is 0 Å². The summed E-state index contributed by atoms with van der Waals surface area (Å²) in [4.78, 5) is 0. The smallest absolute Gasteiger partial charge is 0.264 e. The van der Waals surface area contributed by atoms with Crippen molar-refractivity contribution < 1.29 is 4.39 Å². The Morgan fingerprint density at radius 3 is 2.73 bits per heavy atom. The van der Waals surface area contributed by atoms with Crippen LogP contribution < -0.4 is 11.3 Å².